The highest BCUT2D eigenvalue weighted by molar-refractivity contribution is 6.31. The van der Waals surface area contributed by atoms with Gasteiger partial charge in [0.25, 0.3) is 5.91 Å². The van der Waals surface area contributed by atoms with Gasteiger partial charge in [-0.25, -0.2) is 0 Å². The molecule has 1 amide bonds. The first-order valence-corrected chi connectivity index (χ1v) is 6.84. The molecule has 0 unspecified atom stereocenters. The molecule has 0 atom stereocenters. The van der Waals surface area contributed by atoms with Gasteiger partial charge in [-0.1, -0.05) is 23.7 Å². The Hall–Kier alpha value is -2.46. The van der Waals surface area contributed by atoms with Crippen molar-refractivity contribution in [1.29, 1.82) is 0 Å². The molecule has 5 heteroatoms. The predicted molar refractivity (Wildman–Crippen MR) is 83.0 cm³/mol. The van der Waals surface area contributed by atoms with Gasteiger partial charge in [-0.15, -0.1) is 0 Å². The van der Waals surface area contributed by atoms with Gasteiger partial charge >= 0.3 is 0 Å². The van der Waals surface area contributed by atoms with Gasteiger partial charge in [-0.05, 0) is 35.4 Å². The second-order valence-corrected chi connectivity index (χ2v) is 5.17. The number of aromatic hydroxyl groups is 1. The normalized spacial score (nSPS) is 15.5. The van der Waals surface area contributed by atoms with Crippen molar-refractivity contribution >= 4 is 28.8 Å². The molecule has 2 aromatic rings. The Morgan fingerprint density at radius 3 is 2.90 bits per heavy atom. The summed E-state index contributed by atoms with van der Waals surface area (Å²) >= 11 is 5.98. The Morgan fingerprint density at radius 1 is 1.24 bits per heavy atom. The SMILES string of the molecule is O=C1NCc2cc(Cl)ccc2/C1=C/Nc1cccc(O)c1. The number of phenolic OH excluding ortho intramolecular Hbond substituents is 1. The molecular formula is C16H13ClN2O2. The summed E-state index contributed by atoms with van der Waals surface area (Å²) < 4.78 is 0. The largest absolute Gasteiger partial charge is 0.508 e. The number of hydrogen-bond donors (Lipinski definition) is 3. The maximum Gasteiger partial charge on any atom is 0.253 e. The van der Waals surface area contributed by atoms with Crippen LogP contribution in [0.2, 0.25) is 5.02 Å². The fourth-order valence-corrected chi connectivity index (χ4v) is 2.45. The van der Waals surface area contributed by atoms with E-state index in [2.05, 4.69) is 10.6 Å². The quantitative estimate of drug-likeness (QED) is 0.747. The second-order valence-electron chi connectivity index (χ2n) is 4.74. The van der Waals surface area contributed by atoms with E-state index >= 15 is 0 Å². The van der Waals surface area contributed by atoms with E-state index in [-0.39, 0.29) is 11.7 Å². The number of phenols is 1. The highest BCUT2D eigenvalue weighted by Gasteiger charge is 2.20. The zero-order chi connectivity index (χ0) is 14.8. The van der Waals surface area contributed by atoms with E-state index in [0.717, 1.165) is 11.1 Å². The molecule has 106 valence electrons. The Morgan fingerprint density at radius 2 is 2.10 bits per heavy atom. The van der Waals surface area contributed by atoms with Crippen LogP contribution in [-0.4, -0.2) is 11.0 Å². The smallest absolute Gasteiger partial charge is 0.253 e. The van der Waals surface area contributed by atoms with Crippen molar-refractivity contribution in [2.24, 2.45) is 0 Å². The minimum absolute atomic E-state index is 0.141. The van der Waals surface area contributed by atoms with Crippen molar-refractivity contribution in [1.82, 2.24) is 5.32 Å². The van der Waals surface area contributed by atoms with Gasteiger partial charge in [0, 0.05) is 29.5 Å². The summed E-state index contributed by atoms with van der Waals surface area (Å²) in [6.07, 6.45) is 1.63. The number of fused-ring (bicyclic) bond motifs is 1. The van der Waals surface area contributed by atoms with Gasteiger partial charge in [0.05, 0.1) is 5.57 Å². The summed E-state index contributed by atoms with van der Waals surface area (Å²) in [5.41, 5.74) is 3.08. The van der Waals surface area contributed by atoms with Crippen LogP contribution in [0.5, 0.6) is 5.75 Å². The van der Waals surface area contributed by atoms with Crippen LogP contribution in [0.3, 0.4) is 0 Å². The van der Waals surface area contributed by atoms with Crippen LogP contribution >= 0.6 is 11.6 Å². The average molecular weight is 301 g/mol. The highest BCUT2D eigenvalue weighted by atomic mass is 35.5. The molecule has 21 heavy (non-hydrogen) atoms. The lowest BCUT2D eigenvalue weighted by molar-refractivity contribution is -0.116. The molecule has 0 aromatic heterocycles. The third-order valence-corrected chi connectivity index (χ3v) is 3.51. The maximum atomic E-state index is 12.0. The van der Waals surface area contributed by atoms with Gasteiger partial charge in [0.2, 0.25) is 0 Å². The van der Waals surface area contributed by atoms with Crippen LogP contribution in [0.1, 0.15) is 11.1 Å². The summed E-state index contributed by atoms with van der Waals surface area (Å²) in [6.45, 7) is 0.470. The minimum Gasteiger partial charge on any atom is -0.508 e. The van der Waals surface area contributed by atoms with Gasteiger partial charge in [0.1, 0.15) is 5.75 Å². The number of halogens is 1. The lowest BCUT2D eigenvalue weighted by Crippen LogP contribution is -2.29. The molecule has 1 heterocycles. The fraction of sp³-hybridized carbons (Fsp3) is 0.0625. The molecule has 0 fully saturated rings. The Labute approximate surface area is 127 Å². The van der Waals surface area contributed by atoms with E-state index in [0.29, 0.717) is 22.8 Å². The van der Waals surface area contributed by atoms with Crippen molar-refractivity contribution < 1.29 is 9.90 Å². The molecule has 0 bridgehead atoms. The van der Waals surface area contributed by atoms with Gasteiger partial charge in [0.15, 0.2) is 0 Å². The first kappa shape index (κ1) is 13.5. The molecule has 3 N–H and O–H groups in total. The number of rotatable bonds is 2. The summed E-state index contributed by atoms with van der Waals surface area (Å²) in [4.78, 5) is 12.0. The monoisotopic (exact) mass is 300 g/mol. The number of nitrogens with one attached hydrogen (secondary N) is 2. The molecule has 2 aromatic carbocycles. The van der Waals surface area contributed by atoms with Crippen LogP contribution in [0.25, 0.3) is 5.57 Å². The highest BCUT2D eigenvalue weighted by Crippen LogP contribution is 2.27. The van der Waals surface area contributed by atoms with E-state index in [1.165, 1.54) is 0 Å². The number of benzene rings is 2. The van der Waals surface area contributed by atoms with Crippen LogP contribution in [-0.2, 0) is 11.3 Å². The van der Waals surface area contributed by atoms with E-state index in [1.807, 2.05) is 12.1 Å². The molecule has 1 aliphatic rings. The summed E-state index contributed by atoms with van der Waals surface area (Å²) in [5.74, 6) is 0.0242. The molecule has 0 radical (unpaired) electrons. The minimum atomic E-state index is -0.141. The lowest BCUT2D eigenvalue weighted by atomic mass is 9.96. The van der Waals surface area contributed by atoms with E-state index < -0.39 is 0 Å². The Kier molecular flexibility index (Phi) is 3.54. The number of anilines is 1. The fourth-order valence-electron chi connectivity index (χ4n) is 2.26. The standard InChI is InChI=1S/C16H13ClN2O2/c17-11-4-5-14-10(6-11)8-19-16(21)15(14)9-18-12-2-1-3-13(20)7-12/h1-7,9,18,20H,8H2,(H,19,21)/b15-9-. The molecule has 1 aliphatic heterocycles. The van der Waals surface area contributed by atoms with E-state index in [1.54, 1.807) is 36.5 Å². The molecule has 0 aliphatic carbocycles. The number of hydrogen-bond acceptors (Lipinski definition) is 3. The zero-order valence-electron chi connectivity index (χ0n) is 11.1. The average Bonchev–Trinajstić information content (AvgIpc) is 2.46. The first-order chi connectivity index (χ1) is 10.1. The molecular weight excluding hydrogens is 288 g/mol. The van der Waals surface area contributed by atoms with Crippen molar-refractivity contribution in [3.05, 3.63) is 64.8 Å². The van der Waals surface area contributed by atoms with Crippen LogP contribution < -0.4 is 10.6 Å². The third kappa shape index (κ3) is 2.85. The molecule has 0 saturated heterocycles. The molecule has 0 saturated carbocycles. The first-order valence-electron chi connectivity index (χ1n) is 6.46. The Balaban J connectivity index is 1.94. The van der Waals surface area contributed by atoms with E-state index in [4.69, 9.17) is 11.6 Å². The van der Waals surface area contributed by atoms with Crippen LogP contribution in [0, 0.1) is 0 Å². The molecule has 0 spiro atoms. The van der Waals surface area contributed by atoms with Crippen molar-refractivity contribution in [2.75, 3.05) is 5.32 Å². The topological polar surface area (TPSA) is 61.4 Å². The lowest BCUT2D eigenvalue weighted by Gasteiger charge is -2.20. The zero-order valence-corrected chi connectivity index (χ0v) is 11.8. The van der Waals surface area contributed by atoms with Crippen molar-refractivity contribution in [2.45, 2.75) is 6.54 Å². The number of amides is 1. The van der Waals surface area contributed by atoms with Crippen LogP contribution in [0.4, 0.5) is 5.69 Å². The predicted octanol–water partition coefficient (Wildman–Crippen LogP) is 3.13. The maximum absolute atomic E-state index is 12.0. The number of carbonyl (C=O) groups is 1. The van der Waals surface area contributed by atoms with Gasteiger partial charge in [-0.3, -0.25) is 4.79 Å². The van der Waals surface area contributed by atoms with E-state index in [9.17, 15) is 9.90 Å². The number of carbonyl (C=O) groups excluding carboxylic acids is 1. The summed E-state index contributed by atoms with van der Waals surface area (Å²) in [5, 5.41) is 15.9. The molecule has 3 rings (SSSR count). The Bertz CT molecular complexity index is 741. The van der Waals surface area contributed by atoms with Gasteiger partial charge in [-0.2, -0.15) is 0 Å². The van der Waals surface area contributed by atoms with Gasteiger partial charge < -0.3 is 15.7 Å². The molecule has 4 nitrogen and oxygen atoms in total. The summed E-state index contributed by atoms with van der Waals surface area (Å²) in [6, 6.07) is 12.2. The third-order valence-electron chi connectivity index (χ3n) is 3.27. The second kappa shape index (κ2) is 5.50. The van der Waals surface area contributed by atoms with Crippen molar-refractivity contribution in [3.8, 4) is 5.75 Å². The summed E-state index contributed by atoms with van der Waals surface area (Å²) in [7, 11) is 0. The van der Waals surface area contributed by atoms with Crippen LogP contribution in [0.15, 0.2) is 48.7 Å². The van der Waals surface area contributed by atoms with Crippen molar-refractivity contribution in [3.63, 3.8) is 0 Å².